The van der Waals surface area contributed by atoms with Crippen LogP contribution in [0.4, 0.5) is 0 Å². The fraction of sp³-hybridized carbons (Fsp3) is 0.286. The van der Waals surface area contributed by atoms with Crippen molar-refractivity contribution >= 4 is 5.71 Å². The van der Waals surface area contributed by atoms with Crippen molar-refractivity contribution in [3.05, 3.63) is 23.7 Å². The molecular weight excluding hydrogens is 130 g/mol. The highest BCUT2D eigenvalue weighted by molar-refractivity contribution is 5.95. The summed E-state index contributed by atoms with van der Waals surface area (Å²) in [5.41, 5.74) is 0.573. The molecule has 0 radical (unpaired) electrons. The van der Waals surface area contributed by atoms with Crippen LogP contribution < -0.4 is 0 Å². The molecule has 0 spiro atoms. The summed E-state index contributed by atoms with van der Waals surface area (Å²) in [6, 6.07) is 0. The summed E-state index contributed by atoms with van der Waals surface area (Å²) in [7, 11) is 0. The molecule has 10 heavy (non-hydrogen) atoms. The van der Waals surface area contributed by atoms with Crippen LogP contribution in [-0.4, -0.2) is 12.5 Å². The van der Waals surface area contributed by atoms with Gasteiger partial charge in [0.05, 0.1) is 0 Å². The Morgan fingerprint density at radius 3 is 3.00 bits per heavy atom. The predicted octanol–water partition coefficient (Wildman–Crippen LogP) is 1.18. The summed E-state index contributed by atoms with van der Waals surface area (Å²) in [5, 5.41) is 7.28. The van der Waals surface area contributed by atoms with Crippen LogP contribution in [0.15, 0.2) is 23.7 Å². The molecule has 52 valence electrons. The zero-order valence-electron chi connectivity index (χ0n) is 5.39. The average Bonchev–Trinajstić information content (AvgIpc) is 2.33. The van der Waals surface area contributed by atoms with Crippen LogP contribution in [0.1, 0.15) is 6.42 Å². The SMILES string of the molecule is N=C1C=C2OCOC2=CC1. The van der Waals surface area contributed by atoms with Crippen molar-refractivity contribution in [3.8, 4) is 0 Å². The van der Waals surface area contributed by atoms with E-state index in [0.29, 0.717) is 24.7 Å². The lowest BCUT2D eigenvalue weighted by atomic mass is 10.1. The molecule has 0 amide bonds. The lowest BCUT2D eigenvalue weighted by Crippen LogP contribution is -1.98. The molecule has 1 heterocycles. The summed E-state index contributed by atoms with van der Waals surface area (Å²) in [6.45, 7) is 0.297. The second kappa shape index (κ2) is 1.87. The lowest BCUT2D eigenvalue weighted by Gasteiger charge is -2.03. The van der Waals surface area contributed by atoms with E-state index in [9.17, 15) is 0 Å². The Morgan fingerprint density at radius 1 is 1.30 bits per heavy atom. The van der Waals surface area contributed by atoms with Gasteiger partial charge in [0.2, 0.25) is 6.79 Å². The van der Waals surface area contributed by atoms with Crippen LogP contribution >= 0.6 is 0 Å². The molecule has 0 unspecified atom stereocenters. The predicted molar refractivity (Wildman–Crippen MR) is 35.5 cm³/mol. The van der Waals surface area contributed by atoms with Crippen molar-refractivity contribution in [1.82, 2.24) is 0 Å². The molecule has 2 aliphatic rings. The van der Waals surface area contributed by atoms with E-state index in [-0.39, 0.29) is 0 Å². The topological polar surface area (TPSA) is 42.3 Å². The summed E-state index contributed by atoms with van der Waals surface area (Å²) in [6.07, 6.45) is 4.22. The van der Waals surface area contributed by atoms with Crippen molar-refractivity contribution in [2.75, 3.05) is 6.79 Å². The Hall–Kier alpha value is -1.25. The van der Waals surface area contributed by atoms with Gasteiger partial charge in [0.1, 0.15) is 0 Å². The smallest absolute Gasteiger partial charge is 0.231 e. The number of allylic oxidation sites excluding steroid dienone is 2. The Balaban J connectivity index is 2.35. The van der Waals surface area contributed by atoms with Crippen LogP contribution in [-0.2, 0) is 9.47 Å². The van der Waals surface area contributed by atoms with E-state index in [2.05, 4.69) is 0 Å². The molecule has 1 saturated heterocycles. The first-order valence-corrected chi connectivity index (χ1v) is 3.11. The number of nitrogens with one attached hydrogen (secondary N) is 1. The van der Waals surface area contributed by atoms with Gasteiger partial charge in [-0.15, -0.1) is 0 Å². The Kier molecular flexibility index (Phi) is 1.03. The molecular formula is C7H7NO2. The van der Waals surface area contributed by atoms with Crippen molar-refractivity contribution in [1.29, 1.82) is 5.41 Å². The first-order valence-electron chi connectivity index (χ1n) is 3.11. The van der Waals surface area contributed by atoms with Gasteiger partial charge < -0.3 is 14.9 Å². The van der Waals surface area contributed by atoms with Gasteiger partial charge in [-0.2, -0.15) is 0 Å². The van der Waals surface area contributed by atoms with Gasteiger partial charge in [0, 0.05) is 18.2 Å². The highest BCUT2D eigenvalue weighted by Crippen LogP contribution is 2.24. The molecule has 1 aliphatic carbocycles. The normalized spacial score (nSPS) is 22.2. The fourth-order valence-electron chi connectivity index (χ4n) is 0.991. The first-order chi connectivity index (χ1) is 4.86. The minimum Gasteiger partial charge on any atom is -0.454 e. The van der Waals surface area contributed by atoms with Gasteiger partial charge in [0.15, 0.2) is 11.5 Å². The molecule has 3 nitrogen and oxygen atoms in total. The summed E-state index contributed by atoms with van der Waals surface area (Å²) in [4.78, 5) is 0. The minimum atomic E-state index is 0.297. The average molecular weight is 137 g/mol. The maximum absolute atomic E-state index is 7.28. The van der Waals surface area contributed by atoms with E-state index in [4.69, 9.17) is 14.9 Å². The Morgan fingerprint density at radius 2 is 2.10 bits per heavy atom. The monoisotopic (exact) mass is 137 g/mol. The van der Waals surface area contributed by atoms with Crippen LogP contribution in [0.25, 0.3) is 0 Å². The molecule has 0 aromatic heterocycles. The van der Waals surface area contributed by atoms with Crippen LogP contribution in [0.3, 0.4) is 0 Å². The Bertz CT molecular complexity index is 240. The number of rotatable bonds is 0. The summed E-state index contributed by atoms with van der Waals surface area (Å²) < 4.78 is 10.1. The molecule has 0 bridgehead atoms. The summed E-state index contributed by atoms with van der Waals surface area (Å²) in [5.74, 6) is 1.49. The fourth-order valence-corrected chi connectivity index (χ4v) is 0.991. The van der Waals surface area contributed by atoms with Gasteiger partial charge in [0.25, 0.3) is 0 Å². The third-order valence-corrected chi connectivity index (χ3v) is 1.48. The number of fused-ring (bicyclic) bond motifs is 1. The molecule has 1 aliphatic heterocycles. The van der Waals surface area contributed by atoms with E-state index < -0.39 is 0 Å². The molecule has 2 rings (SSSR count). The van der Waals surface area contributed by atoms with Crippen LogP contribution in [0.5, 0.6) is 0 Å². The number of ether oxygens (including phenoxy) is 2. The standard InChI is InChI=1S/C7H7NO2/c8-5-1-2-6-7(3-5)10-4-9-6/h2-3,8H,1,4H2. The minimum absolute atomic E-state index is 0.297. The van der Waals surface area contributed by atoms with E-state index in [1.54, 1.807) is 6.08 Å². The van der Waals surface area contributed by atoms with E-state index in [1.165, 1.54) is 0 Å². The molecule has 0 saturated carbocycles. The van der Waals surface area contributed by atoms with Gasteiger partial charge in [-0.25, -0.2) is 0 Å². The third-order valence-electron chi connectivity index (χ3n) is 1.48. The van der Waals surface area contributed by atoms with Crippen molar-refractivity contribution < 1.29 is 9.47 Å². The molecule has 0 atom stereocenters. The van der Waals surface area contributed by atoms with Gasteiger partial charge in [-0.1, -0.05) is 0 Å². The summed E-state index contributed by atoms with van der Waals surface area (Å²) >= 11 is 0. The van der Waals surface area contributed by atoms with Gasteiger partial charge in [-0.3, -0.25) is 0 Å². The largest absolute Gasteiger partial charge is 0.454 e. The molecule has 0 aromatic rings. The molecule has 0 aromatic carbocycles. The zero-order chi connectivity index (χ0) is 6.97. The van der Waals surface area contributed by atoms with Crippen molar-refractivity contribution in [2.45, 2.75) is 6.42 Å². The highest BCUT2D eigenvalue weighted by Gasteiger charge is 2.19. The maximum Gasteiger partial charge on any atom is 0.231 e. The first kappa shape index (κ1) is 5.53. The maximum atomic E-state index is 7.28. The molecule has 1 fully saturated rings. The second-order valence-electron chi connectivity index (χ2n) is 2.21. The quantitative estimate of drug-likeness (QED) is 0.544. The van der Waals surface area contributed by atoms with E-state index >= 15 is 0 Å². The zero-order valence-corrected chi connectivity index (χ0v) is 5.39. The van der Waals surface area contributed by atoms with Gasteiger partial charge in [-0.05, 0) is 6.08 Å². The Labute approximate surface area is 58.5 Å². The van der Waals surface area contributed by atoms with E-state index in [0.717, 1.165) is 5.76 Å². The lowest BCUT2D eigenvalue weighted by molar-refractivity contribution is 0.0978. The van der Waals surface area contributed by atoms with Crippen LogP contribution in [0, 0.1) is 5.41 Å². The molecule has 1 N–H and O–H groups in total. The second-order valence-corrected chi connectivity index (χ2v) is 2.21. The number of hydrogen-bond donors (Lipinski definition) is 1. The van der Waals surface area contributed by atoms with E-state index in [1.807, 2.05) is 6.08 Å². The highest BCUT2D eigenvalue weighted by atomic mass is 16.7. The molecule has 3 heteroatoms. The van der Waals surface area contributed by atoms with Crippen molar-refractivity contribution in [2.24, 2.45) is 0 Å². The van der Waals surface area contributed by atoms with Gasteiger partial charge >= 0.3 is 0 Å². The van der Waals surface area contributed by atoms with Crippen molar-refractivity contribution in [3.63, 3.8) is 0 Å². The number of hydrogen-bond acceptors (Lipinski definition) is 3. The third kappa shape index (κ3) is 0.708. The van der Waals surface area contributed by atoms with Crippen LogP contribution in [0.2, 0.25) is 0 Å².